The monoisotopic (exact) mass is 178 g/mol. The van der Waals surface area contributed by atoms with E-state index in [1.54, 1.807) is 0 Å². The SMILES string of the molecule is Cc1nnc(C2CCCCC2)nn1. The van der Waals surface area contributed by atoms with Gasteiger partial charge in [0, 0.05) is 5.92 Å². The Labute approximate surface area is 77.8 Å². The smallest absolute Gasteiger partial charge is 0.132 e. The lowest BCUT2D eigenvalue weighted by Gasteiger charge is -2.18. The quantitative estimate of drug-likeness (QED) is 0.655. The van der Waals surface area contributed by atoms with Crippen LogP contribution in [0.2, 0.25) is 0 Å². The van der Waals surface area contributed by atoms with Gasteiger partial charge in [0.25, 0.3) is 0 Å². The number of aromatic nitrogens is 4. The fraction of sp³-hybridized carbons (Fsp3) is 0.778. The Balaban J connectivity index is 2.10. The van der Waals surface area contributed by atoms with Gasteiger partial charge in [-0.3, -0.25) is 0 Å². The second-order valence-corrected chi connectivity index (χ2v) is 3.64. The average Bonchev–Trinajstić information content (AvgIpc) is 2.20. The number of hydrogen-bond donors (Lipinski definition) is 0. The van der Waals surface area contributed by atoms with Crippen LogP contribution in [0.25, 0.3) is 0 Å². The number of aryl methyl sites for hydroxylation is 1. The largest absolute Gasteiger partial charge is 0.176 e. The third-order valence-electron chi connectivity index (χ3n) is 2.56. The van der Waals surface area contributed by atoms with Crippen LogP contribution in [-0.4, -0.2) is 20.4 Å². The fourth-order valence-electron chi connectivity index (χ4n) is 1.81. The normalized spacial score (nSPS) is 18.8. The van der Waals surface area contributed by atoms with Crippen molar-refractivity contribution in [2.75, 3.05) is 0 Å². The van der Waals surface area contributed by atoms with E-state index in [0.29, 0.717) is 11.7 Å². The zero-order valence-corrected chi connectivity index (χ0v) is 7.90. The van der Waals surface area contributed by atoms with Crippen molar-refractivity contribution in [1.29, 1.82) is 0 Å². The van der Waals surface area contributed by atoms with Gasteiger partial charge in [-0.25, -0.2) is 0 Å². The van der Waals surface area contributed by atoms with Gasteiger partial charge in [-0.1, -0.05) is 19.3 Å². The lowest BCUT2D eigenvalue weighted by molar-refractivity contribution is 0.419. The Morgan fingerprint density at radius 2 is 1.54 bits per heavy atom. The van der Waals surface area contributed by atoms with Crippen LogP contribution >= 0.6 is 0 Å². The van der Waals surface area contributed by atoms with Crippen molar-refractivity contribution in [1.82, 2.24) is 20.4 Å². The molecule has 1 aliphatic rings. The van der Waals surface area contributed by atoms with Crippen LogP contribution in [0.15, 0.2) is 0 Å². The maximum Gasteiger partial charge on any atom is 0.176 e. The highest BCUT2D eigenvalue weighted by molar-refractivity contribution is 4.93. The van der Waals surface area contributed by atoms with Gasteiger partial charge in [-0.05, 0) is 19.8 Å². The summed E-state index contributed by atoms with van der Waals surface area (Å²) in [4.78, 5) is 0. The maximum absolute atomic E-state index is 4.08. The third kappa shape index (κ3) is 1.99. The highest BCUT2D eigenvalue weighted by Gasteiger charge is 2.18. The molecule has 0 spiro atoms. The minimum Gasteiger partial charge on any atom is -0.132 e. The molecule has 13 heavy (non-hydrogen) atoms. The molecule has 0 bridgehead atoms. The fourth-order valence-corrected chi connectivity index (χ4v) is 1.81. The van der Waals surface area contributed by atoms with Crippen LogP contribution in [0.3, 0.4) is 0 Å². The van der Waals surface area contributed by atoms with Crippen LogP contribution in [0.5, 0.6) is 0 Å². The Morgan fingerprint density at radius 1 is 0.923 bits per heavy atom. The van der Waals surface area contributed by atoms with Gasteiger partial charge in [0.2, 0.25) is 0 Å². The first-order chi connectivity index (χ1) is 6.36. The first-order valence-electron chi connectivity index (χ1n) is 4.90. The second kappa shape index (κ2) is 3.77. The van der Waals surface area contributed by atoms with E-state index in [-0.39, 0.29) is 0 Å². The molecule has 1 saturated carbocycles. The average molecular weight is 178 g/mol. The summed E-state index contributed by atoms with van der Waals surface area (Å²) in [5.41, 5.74) is 0. The molecule has 4 heteroatoms. The first kappa shape index (κ1) is 8.53. The number of rotatable bonds is 1. The molecule has 1 aliphatic carbocycles. The lowest BCUT2D eigenvalue weighted by Crippen LogP contribution is -2.11. The van der Waals surface area contributed by atoms with Crippen LogP contribution in [-0.2, 0) is 0 Å². The van der Waals surface area contributed by atoms with Gasteiger partial charge in [0.15, 0.2) is 11.6 Å². The summed E-state index contributed by atoms with van der Waals surface area (Å²) >= 11 is 0. The van der Waals surface area contributed by atoms with E-state index in [1.807, 2.05) is 6.92 Å². The Bertz CT molecular complexity index is 263. The molecule has 0 atom stereocenters. The van der Waals surface area contributed by atoms with Crippen molar-refractivity contribution in [3.63, 3.8) is 0 Å². The molecule has 0 N–H and O–H groups in total. The molecule has 0 amide bonds. The van der Waals surface area contributed by atoms with Crippen molar-refractivity contribution in [3.05, 3.63) is 11.6 Å². The van der Waals surface area contributed by atoms with Gasteiger partial charge < -0.3 is 0 Å². The molecule has 1 aromatic heterocycles. The molecule has 0 radical (unpaired) electrons. The molecular weight excluding hydrogens is 164 g/mol. The van der Waals surface area contributed by atoms with Gasteiger partial charge in [-0.2, -0.15) is 0 Å². The molecule has 0 aliphatic heterocycles. The van der Waals surface area contributed by atoms with E-state index in [9.17, 15) is 0 Å². The molecule has 0 unspecified atom stereocenters. The molecule has 70 valence electrons. The Hall–Kier alpha value is -1.06. The minimum atomic E-state index is 0.509. The predicted molar refractivity (Wildman–Crippen MR) is 48.2 cm³/mol. The molecule has 0 saturated heterocycles. The summed E-state index contributed by atoms with van der Waals surface area (Å²) in [6.45, 7) is 1.81. The van der Waals surface area contributed by atoms with Crippen LogP contribution in [0.1, 0.15) is 49.7 Å². The van der Waals surface area contributed by atoms with E-state index in [2.05, 4.69) is 20.4 Å². The van der Waals surface area contributed by atoms with E-state index in [0.717, 1.165) is 5.82 Å². The van der Waals surface area contributed by atoms with Gasteiger partial charge in [0.1, 0.15) is 0 Å². The molecule has 4 nitrogen and oxygen atoms in total. The van der Waals surface area contributed by atoms with Gasteiger partial charge >= 0.3 is 0 Å². The van der Waals surface area contributed by atoms with Crippen molar-refractivity contribution in [3.8, 4) is 0 Å². The van der Waals surface area contributed by atoms with Crippen molar-refractivity contribution < 1.29 is 0 Å². The summed E-state index contributed by atoms with van der Waals surface area (Å²) in [5, 5.41) is 16.0. The van der Waals surface area contributed by atoms with Crippen LogP contribution in [0, 0.1) is 6.92 Å². The summed E-state index contributed by atoms with van der Waals surface area (Å²) < 4.78 is 0. The summed E-state index contributed by atoms with van der Waals surface area (Å²) in [5.74, 6) is 2.00. The van der Waals surface area contributed by atoms with Gasteiger partial charge in [-0.15, -0.1) is 20.4 Å². The maximum atomic E-state index is 4.08. The first-order valence-corrected chi connectivity index (χ1v) is 4.90. The molecular formula is C9H14N4. The zero-order chi connectivity index (χ0) is 9.10. The molecule has 0 aromatic carbocycles. The Kier molecular flexibility index (Phi) is 2.47. The third-order valence-corrected chi connectivity index (χ3v) is 2.56. The zero-order valence-electron chi connectivity index (χ0n) is 7.90. The number of hydrogen-bond acceptors (Lipinski definition) is 4. The van der Waals surface area contributed by atoms with Gasteiger partial charge in [0.05, 0.1) is 0 Å². The molecule has 1 heterocycles. The lowest BCUT2D eigenvalue weighted by atomic mass is 9.89. The van der Waals surface area contributed by atoms with E-state index in [4.69, 9.17) is 0 Å². The Morgan fingerprint density at radius 3 is 2.15 bits per heavy atom. The van der Waals surface area contributed by atoms with E-state index in [1.165, 1.54) is 32.1 Å². The molecule has 1 aromatic rings. The van der Waals surface area contributed by atoms with Crippen molar-refractivity contribution in [2.45, 2.75) is 44.9 Å². The highest BCUT2D eigenvalue weighted by atomic mass is 15.3. The van der Waals surface area contributed by atoms with E-state index >= 15 is 0 Å². The van der Waals surface area contributed by atoms with Crippen molar-refractivity contribution in [2.24, 2.45) is 0 Å². The minimum absolute atomic E-state index is 0.509. The molecule has 1 fully saturated rings. The van der Waals surface area contributed by atoms with Crippen molar-refractivity contribution >= 4 is 0 Å². The van der Waals surface area contributed by atoms with Crippen LogP contribution in [0.4, 0.5) is 0 Å². The summed E-state index contributed by atoms with van der Waals surface area (Å²) in [6, 6.07) is 0. The molecule has 2 rings (SSSR count). The van der Waals surface area contributed by atoms with Crippen LogP contribution < -0.4 is 0 Å². The summed E-state index contributed by atoms with van der Waals surface area (Å²) in [6.07, 6.45) is 6.34. The standard InChI is InChI=1S/C9H14N4/c1-7-10-12-9(13-11-7)8-5-3-2-4-6-8/h8H,2-6H2,1H3. The highest BCUT2D eigenvalue weighted by Crippen LogP contribution is 2.29. The second-order valence-electron chi connectivity index (χ2n) is 3.64. The predicted octanol–water partition coefficient (Wildman–Crippen LogP) is 1.62. The van der Waals surface area contributed by atoms with E-state index < -0.39 is 0 Å². The summed E-state index contributed by atoms with van der Waals surface area (Å²) in [7, 11) is 0. The topological polar surface area (TPSA) is 51.6 Å². The number of nitrogens with zero attached hydrogens (tertiary/aromatic N) is 4.